The van der Waals surface area contributed by atoms with Gasteiger partial charge in [-0.15, -0.1) is 6.58 Å². The minimum absolute atomic E-state index is 0.658. The summed E-state index contributed by atoms with van der Waals surface area (Å²) in [5, 5.41) is 0.658. The predicted molar refractivity (Wildman–Crippen MR) is 52.7 cm³/mol. The van der Waals surface area contributed by atoms with Crippen LogP contribution in [-0.4, -0.2) is 18.6 Å². The van der Waals surface area contributed by atoms with Crippen molar-refractivity contribution in [1.82, 2.24) is 4.98 Å². The number of anilines is 1. The topological polar surface area (TPSA) is 16.1 Å². The number of halogens is 1. The summed E-state index contributed by atoms with van der Waals surface area (Å²) >= 11 is 5.69. The van der Waals surface area contributed by atoms with Crippen molar-refractivity contribution in [2.24, 2.45) is 0 Å². The monoisotopic (exact) mass is 182 g/mol. The Morgan fingerprint density at radius 1 is 1.67 bits per heavy atom. The fraction of sp³-hybridized carbons (Fsp3) is 0.222. The van der Waals surface area contributed by atoms with Crippen LogP contribution in [0.5, 0.6) is 0 Å². The van der Waals surface area contributed by atoms with Gasteiger partial charge in [0.15, 0.2) is 0 Å². The van der Waals surface area contributed by atoms with Gasteiger partial charge in [0.2, 0.25) is 0 Å². The summed E-state index contributed by atoms with van der Waals surface area (Å²) in [5.74, 6) is 0.902. The van der Waals surface area contributed by atoms with E-state index >= 15 is 0 Å². The van der Waals surface area contributed by atoms with Gasteiger partial charge in [-0.2, -0.15) is 0 Å². The molecule has 0 bridgehead atoms. The molecular weight excluding hydrogens is 172 g/mol. The van der Waals surface area contributed by atoms with Crippen LogP contribution in [0.3, 0.4) is 0 Å². The molecule has 0 saturated heterocycles. The molecule has 2 nitrogen and oxygen atoms in total. The second kappa shape index (κ2) is 4.12. The fourth-order valence-electron chi connectivity index (χ4n) is 0.881. The Kier molecular flexibility index (Phi) is 3.11. The highest BCUT2D eigenvalue weighted by Gasteiger charge is 1.98. The fourth-order valence-corrected chi connectivity index (χ4v) is 0.993. The number of hydrogen-bond acceptors (Lipinski definition) is 2. The van der Waals surface area contributed by atoms with E-state index in [0.29, 0.717) is 5.02 Å². The third-order valence-corrected chi connectivity index (χ3v) is 1.73. The van der Waals surface area contributed by atoms with Gasteiger partial charge in [0.25, 0.3) is 0 Å². The molecule has 64 valence electrons. The Morgan fingerprint density at radius 3 is 2.92 bits per heavy atom. The largest absolute Gasteiger partial charge is 0.356 e. The molecule has 0 unspecified atom stereocenters. The first-order valence-electron chi connectivity index (χ1n) is 3.67. The number of pyridine rings is 1. The SMILES string of the molecule is C=CCN(C)c1ccc(Cl)cn1. The van der Waals surface area contributed by atoms with Gasteiger partial charge in [-0.25, -0.2) is 4.98 Å². The van der Waals surface area contributed by atoms with E-state index < -0.39 is 0 Å². The van der Waals surface area contributed by atoms with E-state index in [1.54, 1.807) is 6.20 Å². The van der Waals surface area contributed by atoms with Crippen LogP contribution in [0.2, 0.25) is 5.02 Å². The first-order valence-corrected chi connectivity index (χ1v) is 4.05. The second-order valence-corrected chi connectivity index (χ2v) is 2.94. The van der Waals surface area contributed by atoms with E-state index in [2.05, 4.69) is 11.6 Å². The number of rotatable bonds is 3. The van der Waals surface area contributed by atoms with Gasteiger partial charge >= 0.3 is 0 Å². The molecule has 0 spiro atoms. The molecule has 0 atom stereocenters. The highest BCUT2D eigenvalue weighted by Crippen LogP contribution is 2.12. The Balaban J connectivity index is 2.74. The third kappa shape index (κ3) is 2.24. The van der Waals surface area contributed by atoms with Crippen LogP contribution >= 0.6 is 11.6 Å². The molecule has 12 heavy (non-hydrogen) atoms. The molecule has 0 N–H and O–H groups in total. The molecule has 1 rings (SSSR count). The van der Waals surface area contributed by atoms with Gasteiger partial charge in [-0.05, 0) is 12.1 Å². The highest BCUT2D eigenvalue weighted by atomic mass is 35.5. The third-order valence-electron chi connectivity index (χ3n) is 1.51. The van der Waals surface area contributed by atoms with Gasteiger partial charge in [0.05, 0.1) is 5.02 Å². The second-order valence-electron chi connectivity index (χ2n) is 2.50. The molecule has 0 aliphatic carbocycles. The number of likely N-dealkylation sites (N-methyl/N-ethyl adjacent to an activating group) is 1. The van der Waals surface area contributed by atoms with E-state index in [1.165, 1.54) is 0 Å². The Morgan fingerprint density at radius 2 is 2.42 bits per heavy atom. The van der Waals surface area contributed by atoms with Crippen molar-refractivity contribution in [3.63, 3.8) is 0 Å². The van der Waals surface area contributed by atoms with Crippen LogP contribution in [0.4, 0.5) is 5.82 Å². The number of aromatic nitrogens is 1. The summed E-state index contributed by atoms with van der Waals surface area (Å²) in [5.41, 5.74) is 0. The molecule has 0 radical (unpaired) electrons. The lowest BCUT2D eigenvalue weighted by atomic mass is 10.4. The zero-order chi connectivity index (χ0) is 8.97. The quantitative estimate of drug-likeness (QED) is 0.668. The minimum atomic E-state index is 0.658. The van der Waals surface area contributed by atoms with E-state index in [4.69, 9.17) is 11.6 Å². The lowest BCUT2D eigenvalue weighted by molar-refractivity contribution is 0.992. The summed E-state index contributed by atoms with van der Waals surface area (Å²) < 4.78 is 0. The molecule has 1 aromatic rings. The Bertz CT molecular complexity index is 256. The molecule has 3 heteroatoms. The smallest absolute Gasteiger partial charge is 0.128 e. The molecule has 1 heterocycles. The van der Waals surface area contributed by atoms with Gasteiger partial charge in [-0.3, -0.25) is 0 Å². The normalized spacial score (nSPS) is 9.50. The lowest BCUT2D eigenvalue weighted by Crippen LogP contribution is -2.17. The summed E-state index contributed by atoms with van der Waals surface area (Å²) in [6.07, 6.45) is 3.47. The number of nitrogens with zero attached hydrogens (tertiary/aromatic N) is 2. The Labute approximate surface area is 77.5 Å². The molecule has 0 aliphatic heterocycles. The van der Waals surface area contributed by atoms with Crippen molar-refractivity contribution in [1.29, 1.82) is 0 Å². The molecule has 1 aromatic heterocycles. The van der Waals surface area contributed by atoms with Gasteiger partial charge in [-0.1, -0.05) is 17.7 Å². The van der Waals surface area contributed by atoms with Crippen molar-refractivity contribution in [3.05, 3.63) is 36.0 Å². The van der Waals surface area contributed by atoms with Crippen LogP contribution in [-0.2, 0) is 0 Å². The van der Waals surface area contributed by atoms with Crippen LogP contribution in [0.1, 0.15) is 0 Å². The van der Waals surface area contributed by atoms with Crippen LogP contribution in [0.15, 0.2) is 31.0 Å². The average molecular weight is 183 g/mol. The van der Waals surface area contributed by atoms with Gasteiger partial charge in [0, 0.05) is 19.8 Å². The van der Waals surface area contributed by atoms with Gasteiger partial charge in [0.1, 0.15) is 5.82 Å². The average Bonchev–Trinajstić information content (AvgIpc) is 2.06. The zero-order valence-electron chi connectivity index (χ0n) is 7.00. The summed E-state index contributed by atoms with van der Waals surface area (Å²) in [7, 11) is 1.96. The minimum Gasteiger partial charge on any atom is -0.356 e. The van der Waals surface area contributed by atoms with Crippen LogP contribution in [0, 0.1) is 0 Å². The van der Waals surface area contributed by atoms with E-state index in [1.807, 2.05) is 30.2 Å². The van der Waals surface area contributed by atoms with E-state index in [-0.39, 0.29) is 0 Å². The first kappa shape index (κ1) is 9.07. The Hall–Kier alpha value is -1.02. The van der Waals surface area contributed by atoms with Crippen molar-refractivity contribution in [2.45, 2.75) is 0 Å². The van der Waals surface area contributed by atoms with E-state index in [9.17, 15) is 0 Å². The molecule has 0 fully saturated rings. The maximum absolute atomic E-state index is 5.69. The first-order chi connectivity index (χ1) is 5.74. The maximum Gasteiger partial charge on any atom is 0.128 e. The van der Waals surface area contributed by atoms with Crippen molar-refractivity contribution in [2.75, 3.05) is 18.5 Å². The molecular formula is C9H11ClN2. The zero-order valence-corrected chi connectivity index (χ0v) is 7.75. The predicted octanol–water partition coefficient (Wildman–Crippen LogP) is 2.36. The molecule has 0 amide bonds. The lowest BCUT2D eigenvalue weighted by Gasteiger charge is -2.14. The van der Waals surface area contributed by atoms with Crippen molar-refractivity contribution < 1.29 is 0 Å². The van der Waals surface area contributed by atoms with Crippen molar-refractivity contribution >= 4 is 17.4 Å². The van der Waals surface area contributed by atoms with Crippen molar-refractivity contribution in [3.8, 4) is 0 Å². The molecule has 0 saturated carbocycles. The molecule has 0 aliphatic rings. The van der Waals surface area contributed by atoms with Crippen LogP contribution < -0.4 is 4.90 Å². The molecule has 0 aromatic carbocycles. The summed E-state index contributed by atoms with van der Waals surface area (Å²) in [4.78, 5) is 6.13. The highest BCUT2D eigenvalue weighted by molar-refractivity contribution is 6.30. The summed E-state index contributed by atoms with van der Waals surface area (Å²) in [6.45, 7) is 4.43. The maximum atomic E-state index is 5.69. The summed E-state index contributed by atoms with van der Waals surface area (Å²) in [6, 6.07) is 3.70. The van der Waals surface area contributed by atoms with E-state index in [0.717, 1.165) is 12.4 Å². The van der Waals surface area contributed by atoms with Gasteiger partial charge < -0.3 is 4.90 Å². The van der Waals surface area contributed by atoms with Crippen LogP contribution in [0.25, 0.3) is 0 Å². The number of hydrogen-bond donors (Lipinski definition) is 0. The standard InChI is InChI=1S/C9H11ClN2/c1-3-6-12(2)9-5-4-8(10)7-11-9/h3-5,7H,1,6H2,2H3.